The summed E-state index contributed by atoms with van der Waals surface area (Å²) in [5, 5.41) is 6.18. The second kappa shape index (κ2) is 11.6. The fraction of sp³-hybridized carbons (Fsp3) is 0.222. The van der Waals surface area contributed by atoms with Crippen molar-refractivity contribution in [3.63, 3.8) is 0 Å². The van der Waals surface area contributed by atoms with Gasteiger partial charge in [-0.25, -0.2) is 14.6 Å². The van der Waals surface area contributed by atoms with Crippen molar-refractivity contribution >= 4 is 23.6 Å². The van der Waals surface area contributed by atoms with Gasteiger partial charge in [-0.2, -0.15) is 0 Å². The fourth-order valence-corrected chi connectivity index (χ4v) is 4.12. The van der Waals surface area contributed by atoms with E-state index in [0.29, 0.717) is 40.6 Å². The molecule has 0 saturated carbocycles. The lowest BCUT2D eigenvalue weighted by molar-refractivity contribution is -0.140. The first-order valence-electron chi connectivity index (χ1n) is 11.3. The van der Waals surface area contributed by atoms with Crippen LogP contribution in [0.1, 0.15) is 29.2 Å². The third kappa shape index (κ3) is 6.14. The Morgan fingerprint density at radius 2 is 1.81 bits per heavy atom. The van der Waals surface area contributed by atoms with Gasteiger partial charge in [-0.05, 0) is 59.9 Å². The van der Waals surface area contributed by atoms with Crippen molar-refractivity contribution < 1.29 is 23.8 Å². The smallest absolute Gasteiger partial charge is 0.338 e. The highest BCUT2D eigenvalue weighted by molar-refractivity contribution is 6.30. The predicted molar refractivity (Wildman–Crippen MR) is 135 cm³/mol. The maximum absolute atomic E-state index is 13.4. The first-order valence-corrected chi connectivity index (χ1v) is 11.7. The zero-order valence-electron chi connectivity index (χ0n) is 19.9. The molecule has 2 amide bonds. The number of halogens is 1. The third-order valence-corrected chi connectivity index (χ3v) is 5.99. The Morgan fingerprint density at radius 1 is 1.00 bits per heavy atom. The Morgan fingerprint density at radius 3 is 2.47 bits per heavy atom. The molecule has 2 N–H and O–H groups in total. The van der Waals surface area contributed by atoms with E-state index in [-0.39, 0.29) is 6.61 Å². The molecule has 3 aromatic rings. The number of pyridine rings is 1. The van der Waals surface area contributed by atoms with Gasteiger partial charge < -0.3 is 24.8 Å². The highest BCUT2D eigenvalue weighted by Crippen LogP contribution is 2.30. The van der Waals surface area contributed by atoms with Crippen LogP contribution in [-0.2, 0) is 22.6 Å². The molecule has 1 unspecified atom stereocenters. The van der Waals surface area contributed by atoms with Gasteiger partial charge in [-0.3, -0.25) is 0 Å². The van der Waals surface area contributed by atoms with Gasteiger partial charge in [0.15, 0.2) is 0 Å². The lowest BCUT2D eigenvalue weighted by atomic mass is 9.94. The van der Waals surface area contributed by atoms with Crippen LogP contribution in [0.2, 0.25) is 5.02 Å². The number of aromatic nitrogens is 1. The minimum absolute atomic E-state index is 0.0379. The Kier molecular flexibility index (Phi) is 8.07. The summed E-state index contributed by atoms with van der Waals surface area (Å²) in [5.41, 5.74) is 3.22. The highest BCUT2D eigenvalue weighted by Gasteiger charge is 2.34. The van der Waals surface area contributed by atoms with Crippen LogP contribution in [0.25, 0.3) is 0 Å². The van der Waals surface area contributed by atoms with Crippen LogP contribution in [0.15, 0.2) is 78.1 Å². The van der Waals surface area contributed by atoms with E-state index in [1.165, 1.54) is 7.11 Å². The molecule has 0 spiro atoms. The summed E-state index contributed by atoms with van der Waals surface area (Å²) in [6.07, 6.45) is 2.58. The Bertz CT molecular complexity index is 1260. The maximum Gasteiger partial charge on any atom is 0.338 e. The Balaban J connectivity index is 1.63. The zero-order valence-corrected chi connectivity index (χ0v) is 20.7. The van der Waals surface area contributed by atoms with Crippen molar-refractivity contribution in [3.8, 4) is 11.6 Å². The quantitative estimate of drug-likeness (QED) is 0.406. The average molecular weight is 508 g/mol. The van der Waals surface area contributed by atoms with Gasteiger partial charge in [-0.1, -0.05) is 35.9 Å². The van der Waals surface area contributed by atoms with Crippen molar-refractivity contribution in [2.24, 2.45) is 0 Å². The van der Waals surface area contributed by atoms with Gasteiger partial charge in [0.2, 0.25) is 5.88 Å². The molecule has 2 aromatic carbocycles. The highest BCUT2D eigenvalue weighted by atomic mass is 35.5. The number of allylic oxidation sites excluding steroid dienone is 1. The van der Waals surface area contributed by atoms with Gasteiger partial charge in [-0.15, -0.1) is 0 Å². The number of urea groups is 1. The number of aryl methyl sites for hydroxylation is 1. The van der Waals surface area contributed by atoms with Crippen LogP contribution in [0.4, 0.5) is 4.79 Å². The van der Waals surface area contributed by atoms with Gasteiger partial charge in [0.25, 0.3) is 0 Å². The van der Waals surface area contributed by atoms with E-state index in [2.05, 4.69) is 15.6 Å². The molecular formula is C27H26ClN3O5. The van der Waals surface area contributed by atoms with Gasteiger partial charge >= 0.3 is 12.0 Å². The number of rotatable bonds is 9. The molecule has 4 rings (SSSR count). The number of methoxy groups -OCH3 is 2. The molecule has 186 valence electrons. The predicted octanol–water partition coefficient (Wildman–Crippen LogP) is 4.74. The molecule has 0 radical (unpaired) electrons. The molecule has 36 heavy (non-hydrogen) atoms. The fourth-order valence-electron chi connectivity index (χ4n) is 3.90. The summed E-state index contributed by atoms with van der Waals surface area (Å²) in [4.78, 5) is 30.2. The van der Waals surface area contributed by atoms with Crippen molar-refractivity contribution in [1.29, 1.82) is 0 Å². The van der Waals surface area contributed by atoms with Gasteiger partial charge in [0, 0.05) is 23.0 Å². The molecule has 1 atom stereocenters. The summed E-state index contributed by atoms with van der Waals surface area (Å²) in [7, 11) is 3.13. The monoisotopic (exact) mass is 507 g/mol. The van der Waals surface area contributed by atoms with E-state index in [0.717, 1.165) is 16.9 Å². The number of nitrogens with one attached hydrogen (secondary N) is 2. The number of hydrogen-bond donors (Lipinski definition) is 2. The third-order valence-electron chi connectivity index (χ3n) is 5.76. The van der Waals surface area contributed by atoms with Crippen LogP contribution in [0.5, 0.6) is 11.6 Å². The molecule has 2 heterocycles. The first kappa shape index (κ1) is 25.1. The Labute approximate surface area is 214 Å². The van der Waals surface area contributed by atoms with Crippen LogP contribution in [0, 0.1) is 0 Å². The number of amides is 2. The number of benzene rings is 2. The molecule has 1 aliphatic heterocycles. The maximum atomic E-state index is 13.4. The van der Waals surface area contributed by atoms with Crippen LogP contribution in [0.3, 0.4) is 0 Å². The second-order valence-corrected chi connectivity index (χ2v) is 8.55. The SMILES string of the molecule is COc1ccc(CCC2=C(C(=O)OCc3cccc(Cl)c3)C(c3ccc(OC)nc3)NC(=O)N2)cc1. The van der Waals surface area contributed by atoms with Crippen LogP contribution >= 0.6 is 11.6 Å². The number of hydrogen-bond acceptors (Lipinski definition) is 6. The van der Waals surface area contributed by atoms with E-state index >= 15 is 0 Å². The number of ether oxygens (including phenoxy) is 3. The number of carbonyl (C=O) groups excluding carboxylic acids is 2. The summed E-state index contributed by atoms with van der Waals surface area (Å²) in [6, 6.07) is 17.0. The minimum Gasteiger partial charge on any atom is -0.497 e. The van der Waals surface area contributed by atoms with Gasteiger partial charge in [0.1, 0.15) is 12.4 Å². The second-order valence-electron chi connectivity index (χ2n) is 8.11. The van der Waals surface area contributed by atoms with Crippen LogP contribution < -0.4 is 20.1 Å². The van der Waals surface area contributed by atoms with Gasteiger partial charge in [0.05, 0.1) is 25.8 Å². The molecule has 0 fully saturated rings. The largest absolute Gasteiger partial charge is 0.497 e. The molecule has 1 aromatic heterocycles. The summed E-state index contributed by atoms with van der Waals surface area (Å²) in [5.74, 6) is 0.631. The zero-order chi connectivity index (χ0) is 25.5. The molecule has 0 aliphatic carbocycles. The molecule has 1 aliphatic rings. The summed E-state index contributed by atoms with van der Waals surface area (Å²) in [6.45, 7) is 0.0379. The minimum atomic E-state index is -0.741. The molecule has 0 saturated heterocycles. The van der Waals surface area contributed by atoms with Crippen molar-refractivity contribution in [2.75, 3.05) is 14.2 Å². The molecule has 9 heteroatoms. The van der Waals surface area contributed by atoms with E-state index < -0.39 is 18.0 Å². The van der Waals surface area contributed by atoms with E-state index in [1.807, 2.05) is 30.3 Å². The van der Waals surface area contributed by atoms with Crippen molar-refractivity contribution in [2.45, 2.75) is 25.5 Å². The summed E-state index contributed by atoms with van der Waals surface area (Å²) < 4.78 is 16.0. The molecule has 0 bridgehead atoms. The van der Waals surface area contributed by atoms with Crippen molar-refractivity contribution in [3.05, 3.63) is 99.8 Å². The topological polar surface area (TPSA) is 98.8 Å². The normalized spacial score (nSPS) is 15.1. The first-order chi connectivity index (χ1) is 17.5. The van der Waals surface area contributed by atoms with E-state index in [9.17, 15) is 9.59 Å². The lowest BCUT2D eigenvalue weighted by Gasteiger charge is -2.29. The lowest BCUT2D eigenvalue weighted by Crippen LogP contribution is -2.46. The van der Waals surface area contributed by atoms with E-state index in [4.69, 9.17) is 25.8 Å². The molecular weight excluding hydrogens is 482 g/mol. The Hall–Kier alpha value is -4.04. The van der Waals surface area contributed by atoms with Crippen LogP contribution in [-0.4, -0.2) is 31.2 Å². The number of esters is 1. The van der Waals surface area contributed by atoms with E-state index in [1.54, 1.807) is 43.6 Å². The molecule has 8 nitrogen and oxygen atoms in total. The number of carbonyl (C=O) groups is 2. The average Bonchev–Trinajstić information content (AvgIpc) is 2.90. The summed E-state index contributed by atoms with van der Waals surface area (Å²) >= 11 is 6.06. The standard InChI is InChI=1S/C27H26ClN3O5/c1-34-21-10-6-17(7-11-21)8-12-22-24(26(32)36-16-18-4-3-5-20(28)14-18)25(31-27(33)30-22)19-9-13-23(35-2)29-15-19/h3-7,9-11,13-15,25H,8,12,16H2,1-2H3,(H2,30,31,33). The number of nitrogens with zero attached hydrogens (tertiary/aromatic N) is 1. The van der Waals surface area contributed by atoms with Crippen molar-refractivity contribution in [1.82, 2.24) is 15.6 Å².